The van der Waals surface area contributed by atoms with Crippen LogP contribution in [0.25, 0.3) is 0 Å². The highest BCUT2D eigenvalue weighted by Crippen LogP contribution is 2.35. The predicted molar refractivity (Wildman–Crippen MR) is 51.4 cm³/mol. The molecule has 1 aliphatic rings. The van der Waals surface area contributed by atoms with Crippen molar-refractivity contribution in [1.82, 2.24) is 0 Å². The van der Waals surface area contributed by atoms with Crippen LogP contribution in [0.4, 0.5) is 0 Å². The first kappa shape index (κ1) is 8.42. The van der Waals surface area contributed by atoms with Gasteiger partial charge in [-0.15, -0.1) is 0 Å². The maximum atomic E-state index is 5.78. The standard InChI is InChI=1S/C11H14O2/c1-8-4-5-9-10(6-8)13-11(2,3)7-12-9/h4-6H,7H2,1-3H3. The van der Waals surface area contributed by atoms with Crippen LogP contribution in [0.3, 0.4) is 0 Å². The molecule has 70 valence electrons. The summed E-state index contributed by atoms with van der Waals surface area (Å²) < 4.78 is 11.3. The van der Waals surface area contributed by atoms with Gasteiger partial charge in [0.25, 0.3) is 0 Å². The molecule has 1 aromatic rings. The first-order valence-electron chi connectivity index (χ1n) is 4.49. The summed E-state index contributed by atoms with van der Waals surface area (Å²) in [6.07, 6.45) is 0. The molecular weight excluding hydrogens is 164 g/mol. The minimum absolute atomic E-state index is 0.208. The fourth-order valence-electron chi connectivity index (χ4n) is 1.39. The lowest BCUT2D eigenvalue weighted by molar-refractivity contribution is 0.0212. The monoisotopic (exact) mass is 178 g/mol. The zero-order chi connectivity index (χ0) is 9.47. The summed E-state index contributed by atoms with van der Waals surface area (Å²) in [6, 6.07) is 6.00. The van der Waals surface area contributed by atoms with Crippen molar-refractivity contribution in [3.8, 4) is 11.5 Å². The lowest BCUT2D eigenvalue weighted by Gasteiger charge is -2.32. The second-order valence-electron chi connectivity index (χ2n) is 4.10. The maximum absolute atomic E-state index is 5.78. The number of fused-ring (bicyclic) bond motifs is 1. The van der Waals surface area contributed by atoms with E-state index in [0.717, 1.165) is 11.5 Å². The summed E-state index contributed by atoms with van der Waals surface area (Å²) in [5, 5.41) is 0. The first-order valence-corrected chi connectivity index (χ1v) is 4.49. The second kappa shape index (κ2) is 2.66. The summed E-state index contributed by atoms with van der Waals surface area (Å²) >= 11 is 0. The molecule has 1 heterocycles. The largest absolute Gasteiger partial charge is 0.486 e. The van der Waals surface area contributed by atoms with Gasteiger partial charge < -0.3 is 9.47 Å². The Hall–Kier alpha value is -1.18. The molecule has 0 aromatic heterocycles. The molecule has 2 rings (SSSR count). The number of aryl methyl sites for hydroxylation is 1. The van der Waals surface area contributed by atoms with E-state index in [2.05, 4.69) is 0 Å². The average Bonchev–Trinajstić information content (AvgIpc) is 2.01. The first-order chi connectivity index (χ1) is 6.07. The van der Waals surface area contributed by atoms with E-state index >= 15 is 0 Å². The number of benzene rings is 1. The normalized spacial score (nSPS) is 18.4. The van der Waals surface area contributed by atoms with Gasteiger partial charge in [0.2, 0.25) is 0 Å². The highest BCUT2D eigenvalue weighted by molar-refractivity contribution is 5.44. The van der Waals surface area contributed by atoms with Crippen molar-refractivity contribution in [2.45, 2.75) is 26.4 Å². The lowest BCUT2D eigenvalue weighted by Crippen LogP contribution is -2.38. The summed E-state index contributed by atoms with van der Waals surface area (Å²) in [5.74, 6) is 1.71. The molecule has 1 aromatic carbocycles. The number of hydrogen-bond acceptors (Lipinski definition) is 2. The molecule has 0 radical (unpaired) electrons. The van der Waals surface area contributed by atoms with E-state index in [9.17, 15) is 0 Å². The van der Waals surface area contributed by atoms with E-state index < -0.39 is 0 Å². The summed E-state index contributed by atoms with van der Waals surface area (Å²) in [7, 11) is 0. The quantitative estimate of drug-likeness (QED) is 0.607. The van der Waals surface area contributed by atoms with Gasteiger partial charge in [0, 0.05) is 0 Å². The van der Waals surface area contributed by atoms with E-state index in [0.29, 0.717) is 6.61 Å². The Kier molecular flexibility index (Phi) is 1.72. The van der Waals surface area contributed by atoms with Crippen LogP contribution < -0.4 is 9.47 Å². The Morgan fingerprint density at radius 1 is 1.23 bits per heavy atom. The van der Waals surface area contributed by atoms with Crippen molar-refractivity contribution < 1.29 is 9.47 Å². The van der Waals surface area contributed by atoms with Crippen LogP contribution in [0, 0.1) is 6.92 Å². The zero-order valence-corrected chi connectivity index (χ0v) is 8.26. The molecule has 0 amide bonds. The third-order valence-corrected chi connectivity index (χ3v) is 2.06. The van der Waals surface area contributed by atoms with Crippen LogP contribution in [-0.4, -0.2) is 12.2 Å². The fourth-order valence-corrected chi connectivity index (χ4v) is 1.39. The van der Waals surface area contributed by atoms with Crippen molar-refractivity contribution in [2.75, 3.05) is 6.61 Å². The molecule has 0 fully saturated rings. The van der Waals surface area contributed by atoms with Crippen molar-refractivity contribution in [2.24, 2.45) is 0 Å². The summed E-state index contributed by atoms with van der Waals surface area (Å²) in [4.78, 5) is 0. The minimum atomic E-state index is -0.208. The van der Waals surface area contributed by atoms with Gasteiger partial charge in [-0.1, -0.05) is 6.07 Å². The molecule has 1 aliphatic heterocycles. The number of ether oxygens (including phenoxy) is 2. The van der Waals surface area contributed by atoms with Gasteiger partial charge in [-0.2, -0.15) is 0 Å². The zero-order valence-electron chi connectivity index (χ0n) is 8.26. The van der Waals surface area contributed by atoms with Gasteiger partial charge in [-0.3, -0.25) is 0 Å². The Morgan fingerprint density at radius 3 is 2.77 bits per heavy atom. The Labute approximate surface area is 78.5 Å². The van der Waals surface area contributed by atoms with Gasteiger partial charge >= 0.3 is 0 Å². The number of hydrogen-bond donors (Lipinski definition) is 0. The highest BCUT2D eigenvalue weighted by Gasteiger charge is 2.27. The minimum Gasteiger partial charge on any atom is -0.486 e. The molecule has 0 bridgehead atoms. The molecule has 0 unspecified atom stereocenters. The van der Waals surface area contributed by atoms with Gasteiger partial charge in [0.1, 0.15) is 12.2 Å². The predicted octanol–water partition coefficient (Wildman–Crippen LogP) is 2.54. The van der Waals surface area contributed by atoms with Crippen LogP contribution in [0.5, 0.6) is 11.5 Å². The molecular formula is C11H14O2. The Morgan fingerprint density at radius 2 is 2.00 bits per heavy atom. The molecule has 0 saturated heterocycles. The molecule has 2 heteroatoms. The smallest absolute Gasteiger partial charge is 0.162 e. The SMILES string of the molecule is Cc1ccc2c(c1)OC(C)(C)CO2. The fraction of sp³-hybridized carbons (Fsp3) is 0.455. The Balaban J connectivity index is 2.38. The van der Waals surface area contributed by atoms with Crippen LogP contribution in [0.1, 0.15) is 19.4 Å². The molecule has 0 atom stereocenters. The van der Waals surface area contributed by atoms with Crippen molar-refractivity contribution in [3.05, 3.63) is 23.8 Å². The molecule has 0 saturated carbocycles. The Bertz CT molecular complexity index is 329. The van der Waals surface area contributed by atoms with E-state index in [1.54, 1.807) is 0 Å². The van der Waals surface area contributed by atoms with Crippen LogP contribution in [0.15, 0.2) is 18.2 Å². The average molecular weight is 178 g/mol. The molecule has 2 nitrogen and oxygen atoms in total. The van der Waals surface area contributed by atoms with Crippen LogP contribution in [0.2, 0.25) is 0 Å². The summed E-state index contributed by atoms with van der Waals surface area (Å²) in [6.45, 7) is 6.71. The van der Waals surface area contributed by atoms with Crippen molar-refractivity contribution >= 4 is 0 Å². The van der Waals surface area contributed by atoms with E-state index in [1.165, 1.54) is 5.56 Å². The van der Waals surface area contributed by atoms with E-state index in [1.807, 2.05) is 39.0 Å². The highest BCUT2D eigenvalue weighted by atomic mass is 16.6. The van der Waals surface area contributed by atoms with Crippen LogP contribution in [-0.2, 0) is 0 Å². The van der Waals surface area contributed by atoms with Crippen molar-refractivity contribution in [1.29, 1.82) is 0 Å². The van der Waals surface area contributed by atoms with E-state index in [-0.39, 0.29) is 5.60 Å². The van der Waals surface area contributed by atoms with Gasteiger partial charge in [0.15, 0.2) is 11.5 Å². The number of rotatable bonds is 0. The third kappa shape index (κ3) is 1.62. The topological polar surface area (TPSA) is 18.5 Å². The van der Waals surface area contributed by atoms with Gasteiger partial charge in [0.05, 0.1) is 0 Å². The summed E-state index contributed by atoms with van der Waals surface area (Å²) in [5.41, 5.74) is 0.987. The van der Waals surface area contributed by atoms with Gasteiger partial charge in [-0.25, -0.2) is 0 Å². The molecule has 13 heavy (non-hydrogen) atoms. The molecule has 0 aliphatic carbocycles. The third-order valence-electron chi connectivity index (χ3n) is 2.06. The second-order valence-corrected chi connectivity index (χ2v) is 4.10. The van der Waals surface area contributed by atoms with E-state index in [4.69, 9.17) is 9.47 Å². The lowest BCUT2D eigenvalue weighted by atomic mass is 10.1. The van der Waals surface area contributed by atoms with Crippen molar-refractivity contribution in [3.63, 3.8) is 0 Å². The molecule has 0 N–H and O–H groups in total. The molecule has 0 spiro atoms. The van der Waals surface area contributed by atoms with Gasteiger partial charge in [-0.05, 0) is 38.5 Å². The van der Waals surface area contributed by atoms with Crippen LogP contribution >= 0.6 is 0 Å². The maximum Gasteiger partial charge on any atom is 0.162 e.